The van der Waals surface area contributed by atoms with Gasteiger partial charge in [-0.3, -0.25) is 24.0 Å². The second kappa shape index (κ2) is 13.7. The van der Waals surface area contributed by atoms with E-state index in [0.29, 0.717) is 11.1 Å². The summed E-state index contributed by atoms with van der Waals surface area (Å²) in [6.45, 7) is 6.04. The lowest BCUT2D eigenvalue weighted by Crippen LogP contribution is -2.56. The van der Waals surface area contributed by atoms with E-state index in [1.54, 1.807) is 45.9 Å². The molecule has 0 bridgehead atoms. The van der Waals surface area contributed by atoms with Crippen molar-refractivity contribution in [1.82, 2.24) is 10.2 Å². The molecule has 3 aromatic carbocycles. The van der Waals surface area contributed by atoms with Crippen molar-refractivity contribution in [3.8, 4) is 0 Å². The van der Waals surface area contributed by atoms with E-state index in [2.05, 4.69) is 5.32 Å². The van der Waals surface area contributed by atoms with Crippen LogP contribution in [0.4, 0.5) is 11.4 Å². The van der Waals surface area contributed by atoms with E-state index in [1.807, 2.05) is 30.3 Å². The minimum absolute atomic E-state index is 0.0282. The van der Waals surface area contributed by atoms with Crippen LogP contribution in [-0.4, -0.2) is 54.4 Å². The number of nitro groups is 1. The Hall–Kier alpha value is -3.67. The van der Waals surface area contributed by atoms with Crippen molar-refractivity contribution >= 4 is 56.4 Å². The topological polar surface area (TPSA) is 130 Å². The largest absolute Gasteiger partial charge is 0.350 e. The number of halogens is 2. The van der Waals surface area contributed by atoms with Crippen LogP contribution in [0.2, 0.25) is 10.0 Å². The average molecular weight is 650 g/mol. The Morgan fingerprint density at radius 2 is 1.60 bits per heavy atom. The Morgan fingerprint density at radius 3 is 2.14 bits per heavy atom. The predicted octanol–water partition coefficient (Wildman–Crippen LogP) is 5.53. The summed E-state index contributed by atoms with van der Waals surface area (Å²) < 4.78 is 26.9. The first-order chi connectivity index (χ1) is 20.0. The van der Waals surface area contributed by atoms with Crippen LogP contribution in [-0.2, 0) is 32.6 Å². The Balaban J connectivity index is 2.17. The Labute approximate surface area is 261 Å². The van der Waals surface area contributed by atoms with Crippen LogP contribution in [0, 0.1) is 17.0 Å². The quantitative estimate of drug-likeness (QED) is 0.215. The molecule has 10 nitrogen and oxygen atoms in total. The molecular weight excluding hydrogens is 615 g/mol. The normalized spacial score (nSPS) is 12.3. The molecule has 0 spiro atoms. The average Bonchev–Trinajstić information content (AvgIpc) is 2.90. The number of benzene rings is 3. The summed E-state index contributed by atoms with van der Waals surface area (Å²) in [4.78, 5) is 40.2. The van der Waals surface area contributed by atoms with E-state index in [1.165, 1.54) is 17.0 Å². The van der Waals surface area contributed by atoms with Gasteiger partial charge in [-0.05, 0) is 51.0 Å². The summed E-state index contributed by atoms with van der Waals surface area (Å²) in [5.41, 5.74) is 0.511. The van der Waals surface area contributed by atoms with Crippen LogP contribution in [0.15, 0.2) is 66.7 Å². The molecule has 3 aromatic rings. The monoisotopic (exact) mass is 648 g/mol. The van der Waals surface area contributed by atoms with Crippen molar-refractivity contribution in [2.75, 3.05) is 17.1 Å². The summed E-state index contributed by atoms with van der Waals surface area (Å²) >= 11 is 13.0. The molecule has 0 aliphatic carbocycles. The van der Waals surface area contributed by atoms with Crippen molar-refractivity contribution in [3.05, 3.63) is 104 Å². The lowest BCUT2D eigenvalue weighted by molar-refractivity contribution is -0.384. The molecule has 1 N–H and O–H groups in total. The van der Waals surface area contributed by atoms with Crippen LogP contribution in [0.1, 0.15) is 37.5 Å². The summed E-state index contributed by atoms with van der Waals surface area (Å²) in [6, 6.07) is 16.6. The first-order valence-corrected chi connectivity index (χ1v) is 15.9. The minimum atomic E-state index is -4.12. The first-order valence-electron chi connectivity index (χ1n) is 13.3. The molecule has 230 valence electrons. The number of nitrogens with one attached hydrogen (secondary N) is 1. The second-order valence-corrected chi connectivity index (χ2v) is 13.9. The molecule has 0 heterocycles. The van der Waals surface area contributed by atoms with Crippen LogP contribution < -0.4 is 9.62 Å². The second-order valence-electron chi connectivity index (χ2n) is 11.2. The van der Waals surface area contributed by atoms with Crippen LogP contribution in [0.5, 0.6) is 0 Å². The minimum Gasteiger partial charge on any atom is -0.350 e. The summed E-state index contributed by atoms with van der Waals surface area (Å²) in [5.74, 6) is -1.21. The number of sulfonamides is 1. The molecule has 1 atom stereocenters. The van der Waals surface area contributed by atoms with E-state index in [9.17, 15) is 28.1 Å². The van der Waals surface area contributed by atoms with E-state index in [0.717, 1.165) is 22.2 Å². The highest BCUT2D eigenvalue weighted by atomic mass is 35.5. The van der Waals surface area contributed by atoms with Crippen LogP contribution in [0.25, 0.3) is 0 Å². The molecule has 0 aromatic heterocycles. The predicted molar refractivity (Wildman–Crippen MR) is 169 cm³/mol. The van der Waals surface area contributed by atoms with E-state index >= 15 is 0 Å². The number of nitrogens with zero attached hydrogens (tertiary/aromatic N) is 3. The number of hydrogen-bond acceptors (Lipinski definition) is 6. The highest BCUT2D eigenvalue weighted by molar-refractivity contribution is 7.92. The molecule has 0 aliphatic rings. The van der Waals surface area contributed by atoms with Crippen LogP contribution in [0.3, 0.4) is 0 Å². The number of anilines is 1. The number of carbonyl (C=O) groups is 2. The van der Waals surface area contributed by atoms with Gasteiger partial charge in [-0.25, -0.2) is 8.42 Å². The van der Waals surface area contributed by atoms with Gasteiger partial charge in [-0.15, -0.1) is 0 Å². The van der Waals surface area contributed by atoms with Gasteiger partial charge in [0.2, 0.25) is 21.8 Å². The Kier molecular flexibility index (Phi) is 10.8. The van der Waals surface area contributed by atoms with Gasteiger partial charge in [0.1, 0.15) is 12.6 Å². The standard InChI is InChI=1S/C30H34Cl2N4O6S/c1-20-14-15-22(36(39)40)17-26(20)35(43(5,41)42)19-28(37)34(18-23-24(31)12-9-13-25(23)32)27(29(38)33-30(2,3)4)16-21-10-7-6-8-11-21/h6-15,17,27H,16,18-19H2,1-5H3,(H,33,38)/t27-/m1/s1. The molecule has 0 unspecified atom stereocenters. The highest BCUT2D eigenvalue weighted by Gasteiger charge is 2.35. The molecule has 0 saturated heterocycles. The molecule has 0 saturated carbocycles. The Morgan fingerprint density at radius 1 is 1.00 bits per heavy atom. The fraction of sp³-hybridized carbons (Fsp3) is 0.333. The maximum atomic E-state index is 14.3. The summed E-state index contributed by atoms with van der Waals surface area (Å²) in [5, 5.41) is 14.9. The number of nitro benzene ring substituents is 1. The van der Waals surface area contributed by atoms with Crippen molar-refractivity contribution < 1.29 is 22.9 Å². The zero-order valence-electron chi connectivity index (χ0n) is 24.5. The lowest BCUT2D eigenvalue weighted by Gasteiger charge is -2.35. The SMILES string of the molecule is Cc1ccc([N+](=O)[O-])cc1N(CC(=O)N(Cc1c(Cl)cccc1Cl)[C@H](Cc1ccccc1)C(=O)NC(C)(C)C)S(C)(=O)=O. The van der Waals surface area contributed by atoms with Gasteiger partial charge in [0.25, 0.3) is 5.69 Å². The molecule has 0 aliphatic heterocycles. The van der Waals surface area contributed by atoms with E-state index < -0.39 is 44.9 Å². The van der Waals surface area contributed by atoms with E-state index in [4.69, 9.17) is 23.2 Å². The number of amides is 2. The number of hydrogen-bond donors (Lipinski definition) is 1. The lowest BCUT2D eigenvalue weighted by atomic mass is 10.0. The van der Waals surface area contributed by atoms with Gasteiger partial charge in [-0.2, -0.15) is 0 Å². The Bertz CT molecular complexity index is 1590. The molecular formula is C30H34Cl2N4O6S. The van der Waals surface area contributed by atoms with Gasteiger partial charge in [-0.1, -0.05) is 65.7 Å². The van der Waals surface area contributed by atoms with Gasteiger partial charge in [0, 0.05) is 46.2 Å². The zero-order valence-corrected chi connectivity index (χ0v) is 26.8. The fourth-order valence-electron chi connectivity index (χ4n) is 4.44. The smallest absolute Gasteiger partial charge is 0.271 e. The number of carbonyl (C=O) groups excluding carboxylic acids is 2. The molecule has 0 radical (unpaired) electrons. The maximum Gasteiger partial charge on any atom is 0.271 e. The summed E-state index contributed by atoms with van der Waals surface area (Å²) in [7, 11) is -4.12. The maximum absolute atomic E-state index is 14.3. The van der Waals surface area contributed by atoms with Crippen molar-refractivity contribution in [1.29, 1.82) is 0 Å². The molecule has 13 heteroatoms. The highest BCUT2D eigenvalue weighted by Crippen LogP contribution is 2.30. The van der Waals surface area contributed by atoms with Gasteiger partial charge in [0.15, 0.2) is 0 Å². The van der Waals surface area contributed by atoms with Crippen molar-refractivity contribution in [2.24, 2.45) is 0 Å². The number of rotatable bonds is 11. The van der Waals surface area contributed by atoms with E-state index in [-0.39, 0.29) is 34.4 Å². The van der Waals surface area contributed by atoms with Crippen molar-refractivity contribution in [3.63, 3.8) is 0 Å². The number of aryl methyl sites for hydroxylation is 1. The molecule has 2 amide bonds. The molecule has 3 rings (SSSR count). The van der Waals surface area contributed by atoms with Gasteiger partial charge < -0.3 is 10.2 Å². The third-order valence-electron chi connectivity index (χ3n) is 6.51. The zero-order chi connectivity index (χ0) is 32.1. The molecule has 0 fully saturated rings. The van der Waals surface area contributed by atoms with Gasteiger partial charge in [0.05, 0.1) is 16.9 Å². The fourth-order valence-corrected chi connectivity index (χ4v) is 5.85. The molecule has 43 heavy (non-hydrogen) atoms. The van der Waals surface area contributed by atoms with Gasteiger partial charge >= 0.3 is 0 Å². The van der Waals surface area contributed by atoms with Crippen LogP contribution >= 0.6 is 23.2 Å². The third-order valence-corrected chi connectivity index (χ3v) is 8.35. The number of non-ortho nitro benzene ring substituents is 1. The third kappa shape index (κ3) is 9.16. The summed E-state index contributed by atoms with van der Waals surface area (Å²) in [6.07, 6.45) is 1.01. The van der Waals surface area contributed by atoms with Crippen molar-refractivity contribution in [2.45, 2.75) is 52.2 Å². The first kappa shape index (κ1) is 33.8.